The van der Waals surface area contributed by atoms with Crippen LogP contribution >= 0.6 is 0 Å². The van der Waals surface area contributed by atoms with Crippen LogP contribution in [0.4, 0.5) is 5.82 Å². The third-order valence-corrected chi connectivity index (χ3v) is 3.35. The second kappa shape index (κ2) is 4.23. The predicted octanol–water partition coefficient (Wildman–Crippen LogP) is 1.90. The number of nitrogen functional groups attached to an aromatic ring is 1. The molecule has 1 aliphatic carbocycles. The smallest absolute Gasteiger partial charge is 0.124 e. The van der Waals surface area contributed by atoms with E-state index in [0.717, 1.165) is 37.1 Å². The highest BCUT2D eigenvalue weighted by Crippen LogP contribution is 2.31. The van der Waals surface area contributed by atoms with E-state index in [1.165, 1.54) is 0 Å². The number of nitrogens with two attached hydrogens (primary N) is 1. The van der Waals surface area contributed by atoms with Gasteiger partial charge in [-0.1, -0.05) is 0 Å². The van der Waals surface area contributed by atoms with Crippen LogP contribution in [0.3, 0.4) is 0 Å². The predicted molar refractivity (Wildman–Crippen MR) is 59.7 cm³/mol. The largest absolute Gasteiger partial charge is 0.384 e. The van der Waals surface area contributed by atoms with Crippen molar-refractivity contribution in [3.05, 3.63) is 11.8 Å². The molecule has 4 nitrogen and oxygen atoms in total. The normalized spacial score (nSPS) is 26.8. The Labute approximate surface area is 90.4 Å². The minimum absolute atomic E-state index is 0.430. The van der Waals surface area contributed by atoms with Crippen molar-refractivity contribution >= 4 is 5.82 Å². The summed E-state index contributed by atoms with van der Waals surface area (Å²) >= 11 is 0. The molecule has 0 aliphatic heterocycles. The van der Waals surface area contributed by atoms with E-state index >= 15 is 0 Å². The summed E-state index contributed by atoms with van der Waals surface area (Å²) in [5, 5.41) is 4.34. The molecule has 0 radical (unpaired) electrons. The van der Waals surface area contributed by atoms with Gasteiger partial charge in [-0.2, -0.15) is 5.10 Å². The van der Waals surface area contributed by atoms with Crippen molar-refractivity contribution < 1.29 is 4.74 Å². The first kappa shape index (κ1) is 10.5. The first-order chi connectivity index (χ1) is 7.22. The molecule has 1 saturated carbocycles. The lowest BCUT2D eigenvalue weighted by molar-refractivity contribution is 0.0571. The van der Waals surface area contributed by atoms with Gasteiger partial charge in [-0.25, -0.2) is 4.68 Å². The fourth-order valence-electron chi connectivity index (χ4n) is 2.27. The maximum absolute atomic E-state index is 5.97. The standard InChI is InChI=1S/C11H19N3O/c1-8-7-13-14(11(8)12)9-3-5-10(15-2)6-4-9/h7,9-10H,3-6,12H2,1-2H3. The summed E-state index contributed by atoms with van der Waals surface area (Å²) in [7, 11) is 1.79. The summed E-state index contributed by atoms with van der Waals surface area (Å²) in [6, 6.07) is 0.463. The SMILES string of the molecule is COC1CCC(n2ncc(C)c2N)CC1. The number of methoxy groups -OCH3 is 1. The van der Waals surface area contributed by atoms with Crippen LogP contribution in [0.15, 0.2) is 6.20 Å². The van der Waals surface area contributed by atoms with Gasteiger partial charge in [-0.15, -0.1) is 0 Å². The summed E-state index contributed by atoms with van der Waals surface area (Å²) in [5.41, 5.74) is 7.04. The maximum Gasteiger partial charge on any atom is 0.124 e. The average molecular weight is 209 g/mol. The highest BCUT2D eigenvalue weighted by atomic mass is 16.5. The van der Waals surface area contributed by atoms with Gasteiger partial charge in [-0.05, 0) is 32.6 Å². The number of hydrogen-bond donors (Lipinski definition) is 1. The van der Waals surface area contributed by atoms with E-state index in [1.807, 2.05) is 17.8 Å². The highest BCUT2D eigenvalue weighted by Gasteiger charge is 2.23. The minimum Gasteiger partial charge on any atom is -0.384 e. The summed E-state index contributed by atoms with van der Waals surface area (Å²) in [6.45, 7) is 2.00. The molecule has 15 heavy (non-hydrogen) atoms. The van der Waals surface area contributed by atoms with E-state index in [4.69, 9.17) is 10.5 Å². The Bertz CT molecular complexity index is 327. The molecule has 1 aromatic heterocycles. The van der Waals surface area contributed by atoms with Crippen molar-refractivity contribution in [2.75, 3.05) is 12.8 Å². The molecule has 0 unspecified atom stereocenters. The average Bonchev–Trinajstić information content (AvgIpc) is 2.60. The Balaban J connectivity index is 2.04. The molecule has 0 amide bonds. The summed E-state index contributed by atoms with van der Waals surface area (Å²) < 4.78 is 7.32. The molecule has 0 aromatic carbocycles. The van der Waals surface area contributed by atoms with Crippen molar-refractivity contribution in [2.24, 2.45) is 0 Å². The summed E-state index contributed by atoms with van der Waals surface area (Å²) in [6.07, 6.45) is 6.73. The molecule has 1 aromatic rings. The van der Waals surface area contributed by atoms with Gasteiger partial charge >= 0.3 is 0 Å². The molecule has 0 spiro atoms. The van der Waals surface area contributed by atoms with Crippen LogP contribution in [0.1, 0.15) is 37.3 Å². The van der Waals surface area contributed by atoms with Crippen LogP contribution in [-0.4, -0.2) is 23.0 Å². The molecule has 2 rings (SSSR count). The van der Waals surface area contributed by atoms with Crippen LogP contribution in [0.5, 0.6) is 0 Å². The van der Waals surface area contributed by atoms with Crippen LogP contribution in [0.25, 0.3) is 0 Å². The number of rotatable bonds is 2. The third-order valence-electron chi connectivity index (χ3n) is 3.35. The van der Waals surface area contributed by atoms with Crippen LogP contribution < -0.4 is 5.73 Å². The van der Waals surface area contributed by atoms with Gasteiger partial charge < -0.3 is 10.5 Å². The molecule has 1 fully saturated rings. The lowest BCUT2D eigenvalue weighted by Gasteiger charge is -2.28. The molecule has 4 heteroatoms. The molecule has 84 valence electrons. The number of hydrogen-bond acceptors (Lipinski definition) is 3. The van der Waals surface area contributed by atoms with Gasteiger partial charge in [0.15, 0.2) is 0 Å². The van der Waals surface area contributed by atoms with Crippen LogP contribution in [-0.2, 0) is 4.74 Å². The van der Waals surface area contributed by atoms with Gasteiger partial charge in [0.2, 0.25) is 0 Å². The first-order valence-corrected chi connectivity index (χ1v) is 5.54. The molecule has 2 N–H and O–H groups in total. The number of aromatic nitrogens is 2. The van der Waals surface area contributed by atoms with Crippen molar-refractivity contribution in [1.82, 2.24) is 9.78 Å². The lowest BCUT2D eigenvalue weighted by atomic mass is 9.93. The van der Waals surface area contributed by atoms with E-state index in [-0.39, 0.29) is 0 Å². The number of nitrogens with zero attached hydrogens (tertiary/aromatic N) is 2. The Morgan fingerprint density at radius 1 is 1.40 bits per heavy atom. The van der Waals surface area contributed by atoms with Gasteiger partial charge in [0.05, 0.1) is 18.3 Å². The molecule has 0 saturated heterocycles. The Morgan fingerprint density at radius 3 is 2.53 bits per heavy atom. The van der Waals surface area contributed by atoms with Crippen molar-refractivity contribution in [2.45, 2.75) is 44.8 Å². The Hall–Kier alpha value is -1.03. The highest BCUT2D eigenvalue weighted by molar-refractivity contribution is 5.37. The quantitative estimate of drug-likeness (QED) is 0.809. The monoisotopic (exact) mass is 209 g/mol. The van der Waals surface area contributed by atoms with Gasteiger partial charge in [-0.3, -0.25) is 0 Å². The number of anilines is 1. The summed E-state index contributed by atoms with van der Waals surface area (Å²) in [5.74, 6) is 0.816. The molecule has 0 atom stereocenters. The zero-order valence-corrected chi connectivity index (χ0v) is 9.44. The van der Waals surface area contributed by atoms with Crippen molar-refractivity contribution in [1.29, 1.82) is 0 Å². The second-order valence-corrected chi connectivity index (χ2v) is 4.32. The van der Waals surface area contributed by atoms with Gasteiger partial charge in [0.25, 0.3) is 0 Å². The van der Waals surface area contributed by atoms with E-state index in [2.05, 4.69) is 5.10 Å². The molecular weight excluding hydrogens is 190 g/mol. The van der Waals surface area contributed by atoms with Crippen LogP contribution in [0, 0.1) is 6.92 Å². The van der Waals surface area contributed by atoms with Crippen molar-refractivity contribution in [3.63, 3.8) is 0 Å². The molecule has 1 aliphatic rings. The van der Waals surface area contributed by atoms with E-state index in [9.17, 15) is 0 Å². The topological polar surface area (TPSA) is 53.1 Å². The fourth-order valence-corrected chi connectivity index (χ4v) is 2.27. The molecule has 0 bridgehead atoms. The third kappa shape index (κ3) is 2.00. The Kier molecular flexibility index (Phi) is 2.95. The zero-order valence-electron chi connectivity index (χ0n) is 9.44. The van der Waals surface area contributed by atoms with Gasteiger partial charge in [0.1, 0.15) is 5.82 Å². The second-order valence-electron chi connectivity index (χ2n) is 4.32. The van der Waals surface area contributed by atoms with E-state index in [1.54, 1.807) is 7.11 Å². The minimum atomic E-state index is 0.430. The number of aryl methyl sites for hydroxylation is 1. The van der Waals surface area contributed by atoms with Crippen LogP contribution in [0.2, 0.25) is 0 Å². The van der Waals surface area contributed by atoms with E-state index < -0.39 is 0 Å². The molecular formula is C11H19N3O. The zero-order chi connectivity index (χ0) is 10.8. The van der Waals surface area contributed by atoms with Gasteiger partial charge in [0, 0.05) is 12.7 Å². The maximum atomic E-state index is 5.97. The summed E-state index contributed by atoms with van der Waals surface area (Å²) in [4.78, 5) is 0. The first-order valence-electron chi connectivity index (χ1n) is 5.54. The fraction of sp³-hybridized carbons (Fsp3) is 0.727. The lowest BCUT2D eigenvalue weighted by Crippen LogP contribution is -2.24. The van der Waals surface area contributed by atoms with Crippen molar-refractivity contribution in [3.8, 4) is 0 Å². The Morgan fingerprint density at radius 2 is 2.07 bits per heavy atom. The molecule has 1 heterocycles. The van der Waals surface area contributed by atoms with E-state index in [0.29, 0.717) is 12.1 Å². The number of ether oxygens (including phenoxy) is 1.